The van der Waals surface area contributed by atoms with E-state index in [9.17, 15) is 18.0 Å². The molecule has 0 fully saturated rings. The quantitative estimate of drug-likeness (QED) is 0.536. The summed E-state index contributed by atoms with van der Waals surface area (Å²) in [7, 11) is -3.43. The molecule has 0 aliphatic heterocycles. The summed E-state index contributed by atoms with van der Waals surface area (Å²) in [6.07, 6.45) is -0.185. The van der Waals surface area contributed by atoms with Gasteiger partial charge in [0.05, 0.1) is 22.8 Å². The molecule has 0 aliphatic rings. The molecule has 2 N–H and O–H groups in total. The summed E-state index contributed by atoms with van der Waals surface area (Å²) < 4.78 is 24.6. The van der Waals surface area contributed by atoms with Gasteiger partial charge < -0.3 is 10.6 Å². The van der Waals surface area contributed by atoms with Crippen LogP contribution in [0.5, 0.6) is 0 Å². The average Bonchev–Trinajstić information content (AvgIpc) is 2.78. The van der Waals surface area contributed by atoms with Crippen molar-refractivity contribution in [2.75, 3.05) is 11.1 Å². The van der Waals surface area contributed by atoms with Crippen LogP contribution >= 0.6 is 0 Å². The fraction of sp³-hybridized carbons (Fsp3) is 0.167. The highest BCUT2D eigenvalue weighted by atomic mass is 32.2. The molecule has 6 nitrogen and oxygen atoms in total. The first-order valence-corrected chi connectivity index (χ1v) is 11.7. The molecule has 2 amide bonds. The van der Waals surface area contributed by atoms with Gasteiger partial charge >= 0.3 is 0 Å². The van der Waals surface area contributed by atoms with Crippen LogP contribution in [0.4, 0.5) is 5.69 Å². The number of carbonyl (C=O) groups excluding carboxylic acids is 2. The first-order valence-electron chi connectivity index (χ1n) is 9.88. The van der Waals surface area contributed by atoms with Gasteiger partial charge in [0.1, 0.15) is 0 Å². The molecule has 31 heavy (non-hydrogen) atoms. The Morgan fingerprint density at radius 3 is 2.00 bits per heavy atom. The Morgan fingerprint density at radius 2 is 1.32 bits per heavy atom. The van der Waals surface area contributed by atoms with Crippen LogP contribution < -0.4 is 10.6 Å². The van der Waals surface area contributed by atoms with Gasteiger partial charge in [-0.25, -0.2) is 8.42 Å². The van der Waals surface area contributed by atoms with Crippen LogP contribution in [0, 0.1) is 0 Å². The largest absolute Gasteiger partial charge is 0.348 e. The summed E-state index contributed by atoms with van der Waals surface area (Å²) in [5.74, 6) is -1.16. The van der Waals surface area contributed by atoms with E-state index in [4.69, 9.17) is 0 Å². The maximum absolute atomic E-state index is 12.6. The Labute approximate surface area is 182 Å². The predicted octanol–water partition coefficient (Wildman–Crippen LogP) is 3.56. The average molecular weight is 437 g/mol. The van der Waals surface area contributed by atoms with Gasteiger partial charge in [0.15, 0.2) is 9.84 Å². The van der Waals surface area contributed by atoms with Crippen LogP contribution in [0.2, 0.25) is 0 Å². The Balaban J connectivity index is 1.57. The highest BCUT2D eigenvalue weighted by molar-refractivity contribution is 7.90. The van der Waals surface area contributed by atoms with E-state index in [1.54, 1.807) is 48.5 Å². The maximum Gasteiger partial charge on any atom is 0.253 e. The highest BCUT2D eigenvalue weighted by Gasteiger charge is 2.17. The summed E-state index contributed by atoms with van der Waals surface area (Å²) in [6, 6.07) is 25.0. The molecule has 160 valence electrons. The Kier molecular flexibility index (Phi) is 7.56. The molecule has 3 aromatic carbocycles. The van der Waals surface area contributed by atoms with Crippen molar-refractivity contribution in [2.24, 2.45) is 0 Å². The van der Waals surface area contributed by atoms with Crippen molar-refractivity contribution in [3.8, 4) is 0 Å². The minimum Gasteiger partial charge on any atom is -0.348 e. The van der Waals surface area contributed by atoms with Crippen molar-refractivity contribution >= 4 is 27.3 Å². The summed E-state index contributed by atoms with van der Waals surface area (Å²) in [5.41, 5.74) is 2.31. The van der Waals surface area contributed by atoms with Gasteiger partial charge in [-0.3, -0.25) is 9.59 Å². The van der Waals surface area contributed by atoms with E-state index in [1.807, 2.05) is 36.4 Å². The second-order valence-corrected chi connectivity index (χ2v) is 9.27. The van der Waals surface area contributed by atoms with E-state index in [0.717, 1.165) is 5.56 Å². The van der Waals surface area contributed by atoms with E-state index in [1.165, 1.54) is 0 Å². The molecule has 3 rings (SSSR count). The third-order valence-electron chi connectivity index (χ3n) is 4.61. The highest BCUT2D eigenvalue weighted by Crippen LogP contribution is 2.16. The van der Waals surface area contributed by atoms with Crippen LogP contribution in [0.25, 0.3) is 0 Å². The summed E-state index contributed by atoms with van der Waals surface area (Å²) in [4.78, 5) is 24.9. The number of hydrogen-bond acceptors (Lipinski definition) is 4. The zero-order chi connectivity index (χ0) is 22.1. The Morgan fingerprint density at radius 1 is 0.742 bits per heavy atom. The van der Waals surface area contributed by atoms with Crippen LogP contribution in [0.15, 0.2) is 84.9 Å². The second-order valence-electron chi connectivity index (χ2n) is 7.09. The van der Waals surface area contributed by atoms with Crippen LogP contribution in [-0.2, 0) is 26.9 Å². The summed E-state index contributed by atoms with van der Waals surface area (Å²) in [6.45, 7) is 0.361. The first kappa shape index (κ1) is 22.2. The zero-order valence-electron chi connectivity index (χ0n) is 17.0. The lowest BCUT2D eigenvalue weighted by atomic mass is 10.1. The van der Waals surface area contributed by atoms with Gasteiger partial charge in [-0.2, -0.15) is 0 Å². The van der Waals surface area contributed by atoms with E-state index < -0.39 is 15.7 Å². The number of benzene rings is 3. The third kappa shape index (κ3) is 7.08. The minimum absolute atomic E-state index is 0.112. The normalized spacial score (nSPS) is 11.0. The predicted molar refractivity (Wildman–Crippen MR) is 121 cm³/mol. The molecule has 0 saturated carbocycles. The molecule has 0 unspecified atom stereocenters. The van der Waals surface area contributed by atoms with Crippen molar-refractivity contribution < 1.29 is 18.0 Å². The molecule has 0 aromatic heterocycles. The van der Waals surface area contributed by atoms with Gasteiger partial charge in [0, 0.05) is 13.0 Å². The van der Waals surface area contributed by atoms with Crippen LogP contribution in [0.3, 0.4) is 0 Å². The van der Waals surface area contributed by atoms with Gasteiger partial charge in [-0.05, 0) is 23.3 Å². The van der Waals surface area contributed by atoms with Gasteiger partial charge in [-0.15, -0.1) is 0 Å². The lowest BCUT2D eigenvalue weighted by molar-refractivity contribution is -0.115. The SMILES string of the molecule is O=C(CCS(=O)(=O)Cc1ccccc1)Nc1ccccc1C(=O)NCc1ccccc1. The van der Waals surface area contributed by atoms with Crippen LogP contribution in [0.1, 0.15) is 27.9 Å². The van der Waals surface area contributed by atoms with E-state index in [2.05, 4.69) is 10.6 Å². The number of para-hydroxylation sites is 1. The zero-order valence-corrected chi connectivity index (χ0v) is 17.8. The second kappa shape index (κ2) is 10.5. The Bertz CT molecular complexity index is 1130. The topological polar surface area (TPSA) is 92.3 Å². The standard InChI is InChI=1S/C24H24N2O4S/c27-23(15-16-31(29,30)18-20-11-5-2-6-12-20)26-22-14-8-7-13-21(22)24(28)25-17-19-9-3-1-4-10-19/h1-14H,15-18H2,(H,25,28)(H,26,27). The van der Waals surface area contributed by atoms with Gasteiger partial charge in [0.25, 0.3) is 5.91 Å². The van der Waals surface area contributed by atoms with Crippen molar-refractivity contribution in [1.82, 2.24) is 5.32 Å². The minimum atomic E-state index is -3.43. The van der Waals surface area contributed by atoms with Crippen molar-refractivity contribution in [3.05, 3.63) is 102 Å². The molecule has 0 heterocycles. The summed E-state index contributed by atoms with van der Waals surface area (Å²) in [5, 5.41) is 5.49. The molecular formula is C24H24N2O4S. The molecule has 0 spiro atoms. The molecule has 0 atom stereocenters. The number of amides is 2. The molecule has 0 aliphatic carbocycles. The van der Waals surface area contributed by atoms with Crippen LogP contribution in [-0.4, -0.2) is 26.0 Å². The molecule has 0 radical (unpaired) electrons. The van der Waals surface area contributed by atoms with Crippen molar-refractivity contribution in [3.63, 3.8) is 0 Å². The van der Waals surface area contributed by atoms with Crippen molar-refractivity contribution in [1.29, 1.82) is 0 Å². The van der Waals surface area contributed by atoms with E-state index in [-0.39, 0.29) is 23.8 Å². The molecular weight excluding hydrogens is 412 g/mol. The number of sulfone groups is 1. The van der Waals surface area contributed by atoms with Crippen molar-refractivity contribution in [2.45, 2.75) is 18.7 Å². The molecule has 0 bridgehead atoms. The number of rotatable bonds is 9. The lowest BCUT2D eigenvalue weighted by Gasteiger charge is -2.12. The van der Waals surface area contributed by atoms with E-state index >= 15 is 0 Å². The number of hydrogen-bond donors (Lipinski definition) is 2. The monoisotopic (exact) mass is 436 g/mol. The maximum atomic E-state index is 12.6. The fourth-order valence-corrected chi connectivity index (χ4v) is 4.37. The number of carbonyl (C=O) groups is 2. The fourth-order valence-electron chi connectivity index (χ4n) is 3.02. The van der Waals surface area contributed by atoms with E-state index in [0.29, 0.717) is 23.4 Å². The Hall–Kier alpha value is -3.45. The summed E-state index contributed by atoms with van der Waals surface area (Å²) >= 11 is 0. The number of nitrogens with one attached hydrogen (secondary N) is 2. The molecule has 0 saturated heterocycles. The molecule has 7 heteroatoms. The lowest BCUT2D eigenvalue weighted by Crippen LogP contribution is -2.25. The van der Waals surface area contributed by atoms with Gasteiger partial charge in [-0.1, -0.05) is 72.8 Å². The smallest absolute Gasteiger partial charge is 0.253 e. The number of anilines is 1. The molecule has 3 aromatic rings. The third-order valence-corrected chi connectivity index (χ3v) is 6.21. The van der Waals surface area contributed by atoms with Gasteiger partial charge in [0.2, 0.25) is 5.91 Å². The first-order chi connectivity index (χ1) is 14.9.